The van der Waals surface area contributed by atoms with E-state index in [1.54, 1.807) is 12.4 Å². The maximum absolute atomic E-state index is 10.0. The number of aromatic nitrogens is 2. The van der Waals surface area contributed by atoms with Gasteiger partial charge in [0.2, 0.25) is 0 Å². The van der Waals surface area contributed by atoms with Gasteiger partial charge >= 0.3 is 0 Å². The summed E-state index contributed by atoms with van der Waals surface area (Å²) in [7, 11) is 0. The number of aliphatic hydroxyl groups excluding tert-OH is 1. The first-order valence-electron chi connectivity index (χ1n) is 4.36. The van der Waals surface area contributed by atoms with Gasteiger partial charge in [0.05, 0.1) is 17.6 Å². The highest BCUT2D eigenvalue weighted by molar-refractivity contribution is 9.10. The number of rotatable bonds is 2. The van der Waals surface area contributed by atoms with E-state index in [4.69, 9.17) is 0 Å². The maximum Gasteiger partial charge on any atom is 0.124 e. The van der Waals surface area contributed by atoms with E-state index in [1.165, 1.54) is 11.3 Å². The molecule has 1 N–H and O–H groups in total. The third-order valence-corrected chi connectivity index (χ3v) is 3.77. The van der Waals surface area contributed by atoms with Gasteiger partial charge in [-0.3, -0.25) is 9.97 Å². The van der Waals surface area contributed by atoms with Crippen molar-refractivity contribution in [2.75, 3.05) is 0 Å². The Balaban J connectivity index is 2.32. The Hall–Kier alpha value is -0.780. The molecule has 0 aliphatic rings. The number of aliphatic hydroxyl groups is 1. The number of hydrogen-bond acceptors (Lipinski definition) is 4. The third kappa shape index (κ3) is 2.25. The monoisotopic (exact) mass is 284 g/mol. The molecular weight excluding hydrogens is 276 g/mol. The lowest BCUT2D eigenvalue weighted by Gasteiger charge is -2.08. The SMILES string of the molecule is Cc1cnc(C(O)c2cscc2Br)cn1. The highest BCUT2D eigenvalue weighted by Gasteiger charge is 2.15. The first-order valence-corrected chi connectivity index (χ1v) is 6.10. The highest BCUT2D eigenvalue weighted by Crippen LogP contribution is 2.30. The van der Waals surface area contributed by atoms with Crippen LogP contribution < -0.4 is 0 Å². The van der Waals surface area contributed by atoms with Crippen LogP contribution in [0.3, 0.4) is 0 Å². The summed E-state index contributed by atoms with van der Waals surface area (Å²) in [5.74, 6) is 0. The largest absolute Gasteiger partial charge is 0.382 e. The van der Waals surface area contributed by atoms with Crippen LogP contribution in [0.2, 0.25) is 0 Å². The van der Waals surface area contributed by atoms with Gasteiger partial charge < -0.3 is 5.11 Å². The second kappa shape index (κ2) is 4.38. The van der Waals surface area contributed by atoms with Crippen molar-refractivity contribution in [3.8, 4) is 0 Å². The standard InChI is InChI=1S/C10H9BrN2OS/c1-6-2-13-9(3-12-6)10(14)7-4-15-5-8(7)11/h2-5,10,14H,1H3. The predicted molar refractivity (Wildman–Crippen MR) is 62.8 cm³/mol. The fraction of sp³-hybridized carbons (Fsp3) is 0.200. The van der Waals surface area contributed by atoms with Crippen molar-refractivity contribution in [2.45, 2.75) is 13.0 Å². The molecule has 2 rings (SSSR count). The van der Waals surface area contributed by atoms with Gasteiger partial charge in [0.25, 0.3) is 0 Å². The average molecular weight is 285 g/mol. The van der Waals surface area contributed by atoms with E-state index >= 15 is 0 Å². The normalized spacial score (nSPS) is 12.7. The molecular formula is C10H9BrN2OS. The van der Waals surface area contributed by atoms with Crippen molar-refractivity contribution in [1.29, 1.82) is 0 Å². The van der Waals surface area contributed by atoms with Crippen molar-refractivity contribution in [3.63, 3.8) is 0 Å². The lowest BCUT2D eigenvalue weighted by Crippen LogP contribution is -2.02. The van der Waals surface area contributed by atoms with Gasteiger partial charge in [-0.15, -0.1) is 0 Å². The molecule has 1 atom stereocenters. The molecule has 5 heteroatoms. The summed E-state index contributed by atoms with van der Waals surface area (Å²) in [4.78, 5) is 8.25. The molecule has 3 nitrogen and oxygen atoms in total. The molecule has 0 fully saturated rings. The summed E-state index contributed by atoms with van der Waals surface area (Å²) in [5, 5.41) is 13.9. The van der Waals surface area contributed by atoms with Crippen LogP contribution in [-0.2, 0) is 0 Å². The molecule has 2 aromatic rings. The minimum Gasteiger partial charge on any atom is -0.382 e. The van der Waals surface area contributed by atoms with E-state index in [-0.39, 0.29) is 0 Å². The Labute approximate surface area is 100.0 Å². The lowest BCUT2D eigenvalue weighted by atomic mass is 10.1. The molecule has 2 aromatic heterocycles. The number of nitrogens with zero attached hydrogens (tertiary/aromatic N) is 2. The highest BCUT2D eigenvalue weighted by atomic mass is 79.9. The number of hydrogen-bond donors (Lipinski definition) is 1. The zero-order chi connectivity index (χ0) is 10.8. The third-order valence-electron chi connectivity index (χ3n) is 2.02. The molecule has 0 bridgehead atoms. The van der Waals surface area contributed by atoms with Crippen molar-refractivity contribution < 1.29 is 5.11 Å². The van der Waals surface area contributed by atoms with Gasteiger partial charge in [-0.2, -0.15) is 11.3 Å². The van der Waals surface area contributed by atoms with Gasteiger partial charge in [-0.1, -0.05) is 0 Å². The summed E-state index contributed by atoms with van der Waals surface area (Å²) in [6, 6.07) is 0. The molecule has 0 aliphatic heterocycles. The first-order chi connectivity index (χ1) is 7.18. The zero-order valence-electron chi connectivity index (χ0n) is 8.01. The Kier molecular flexibility index (Phi) is 3.14. The van der Waals surface area contributed by atoms with Crippen molar-refractivity contribution >= 4 is 27.3 Å². The Morgan fingerprint density at radius 1 is 1.33 bits per heavy atom. The Morgan fingerprint density at radius 3 is 2.67 bits per heavy atom. The summed E-state index contributed by atoms with van der Waals surface area (Å²) < 4.78 is 0.905. The maximum atomic E-state index is 10.0. The van der Waals surface area contributed by atoms with Crippen molar-refractivity contribution in [3.05, 3.63) is 44.6 Å². The van der Waals surface area contributed by atoms with E-state index in [1.807, 2.05) is 17.7 Å². The molecule has 0 aromatic carbocycles. The molecule has 0 amide bonds. The summed E-state index contributed by atoms with van der Waals surface area (Å²) in [5.41, 5.74) is 2.24. The van der Waals surface area contributed by atoms with Gasteiger partial charge in [-0.05, 0) is 28.2 Å². The summed E-state index contributed by atoms with van der Waals surface area (Å²) >= 11 is 4.92. The van der Waals surface area contributed by atoms with Gasteiger partial charge in [-0.25, -0.2) is 0 Å². The quantitative estimate of drug-likeness (QED) is 0.922. The minimum atomic E-state index is -0.710. The smallest absolute Gasteiger partial charge is 0.124 e. The fourth-order valence-electron chi connectivity index (χ4n) is 1.19. The molecule has 0 spiro atoms. The Morgan fingerprint density at radius 2 is 2.13 bits per heavy atom. The molecule has 78 valence electrons. The summed E-state index contributed by atoms with van der Waals surface area (Å²) in [6.45, 7) is 1.86. The predicted octanol–water partition coefficient (Wildman–Crippen LogP) is 2.69. The molecule has 1 unspecified atom stereocenters. The average Bonchev–Trinajstić information content (AvgIpc) is 2.65. The molecule has 0 radical (unpaired) electrons. The van der Waals surface area contributed by atoms with Crippen LogP contribution in [0, 0.1) is 6.92 Å². The van der Waals surface area contributed by atoms with Crippen LogP contribution in [0.5, 0.6) is 0 Å². The number of thiophene rings is 1. The molecule has 0 aliphatic carbocycles. The fourth-order valence-corrected chi connectivity index (χ4v) is 2.72. The van der Waals surface area contributed by atoms with Crippen LogP contribution in [-0.4, -0.2) is 15.1 Å². The summed E-state index contributed by atoms with van der Waals surface area (Å²) in [6.07, 6.45) is 2.54. The van der Waals surface area contributed by atoms with Gasteiger partial charge in [0, 0.05) is 21.6 Å². The van der Waals surface area contributed by atoms with E-state index in [2.05, 4.69) is 25.9 Å². The van der Waals surface area contributed by atoms with Crippen LogP contribution in [0.4, 0.5) is 0 Å². The Bertz CT molecular complexity index is 455. The second-order valence-electron chi connectivity index (χ2n) is 3.16. The van der Waals surface area contributed by atoms with E-state index in [0.717, 1.165) is 15.7 Å². The molecule has 15 heavy (non-hydrogen) atoms. The van der Waals surface area contributed by atoms with Crippen LogP contribution in [0.1, 0.15) is 23.1 Å². The first kappa shape index (κ1) is 10.7. The molecule has 2 heterocycles. The topological polar surface area (TPSA) is 46.0 Å². The van der Waals surface area contributed by atoms with Crippen molar-refractivity contribution in [1.82, 2.24) is 9.97 Å². The van der Waals surface area contributed by atoms with Crippen LogP contribution >= 0.6 is 27.3 Å². The van der Waals surface area contributed by atoms with Gasteiger partial charge in [0.1, 0.15) is 6.10 Å². The van der Waals surface area contributed by atoms with Crippen molar-refractivity contribution in [2.24, 2.45) is 0 Å². The van der Waals surface area contributed by atoms with Gasteiger partial charge in [0.15, 0.2) is 0 Å². The zero-order valence-corrected chi connectivity index (χ0v) is 10.4. The number of aryl methyl sites for hydroxylation is 1. The van der Waals surface area contributed by atoms with E-state index in [0.29, 0.717) is 5.69 Å². The number of halogens is 1. The van der Waals surface area contributed by atoms with Crippen LogP contribution in [0.25, 0.3) is 0 Å². The van der Waals surface area contributed by atoms with E-state index in [9.17, 15) is 5.11 Å². The van der Waals surface area contributed by atoms with E-state index < -0.39 is 6.10 Å². The molecule has 0 saturated heterocycles. The minimum absolute atomic E-state index is 0.569. The molecule has 0 saturated carbocycles. The van der Waals surface area contributed by atoms with Crippen LogP contribution in [0.15, 0.2) is 27.6 Å². The lowest BCUT2D eigenvalue weighted by molar-refractivity contribution is 0.214. The second-order valence-corrected chi connectivity index (χ2v) is 4.76.